The average molecular weight is 494 g/mol. The summed E-state index contributed by atoms with van der Waals surface area (Å²) in [7, 11) is 0. The average Bonchev–Trinajstić information content (AvgIpc) is 2.72. The number of hydrogen-bond donors (Lipinski definition) is 2. The second-order valence-electron chi connectivity index (χ2n) is 7.39. The molecule has 0 saturated carbocycles. The molecule has 3 amide bonds. The monoisotopic (exact) mass is 493 g/mol. The highest BCUT2D eigenvalue weighted by Crippen LogP contribution is 2.26. The fourth-order valence-corrected chi connectivity index (χ4v) is 4.83. The number of nitrogens with zero attached hydrogens (tertiary/aromatic N) is 1. The molecule has 0 aliphatic carbocycles. The molecule has 0 bridgehead atoms. The summed E-state index contributed by atoms with van der Waals surface area (Å²) in [5.41, 5.74) is 1.56. The summed E-state index contributed by atoms with van der Waals surface area (Å²) in [4.78, 5) is 27.7. The molecule has 1 saturated heterocycles. The van der Waals surface area contributed by atoms with E-state index in [1.165, 1.54) is 12.1 Å². The first-order chi connectivity index (χ1) is 14.4. The fourth-order valence-electron chi connectivity index (χ4n) is 3.44. The maximum Gasteiger partial charge on any atom is 0.319 e. The molecule has 0 aromatic heterocycles. The lowest BCUT2D eigenvalue weighted by molar-refractivity contribution is -0.130. The van der Waals surface area contributed by atoms with Crippen LogP contribution in [0.2, 0.25) is 0 Å². The molecule has 2 aromatic rings. The molecule has 0 spiro atoms. The Morgan fingerprint density at radius 2 is 2.10 bits per heavy atom. The van der Waals surface area contributed by atoms with E-state index >= 15 is 0 Å². The predicted octanol–water partition coefficient (Wildman–Crippen LogP) is 5.05. The smallest absolute Gasteiger partial charge is 0.319 e. The highest BCUT2D eigenvalue weighted by Gasteiger charge is 2.24. The van der Waals surface area contributed by atoms with E-state index in [-0.39, 0.29) is 17.9 Å². The molecule has 1 unspecified atom stereocenters. The Hall–Kier alpha value is -2.06. The molecular weight excluding hydrogens is 469 g/mol. The van der Waals surface area contributed by atoms with Crippen molar-refractivity contribution in [2.24, 2.45) is 5.92 Å². The summed E-state index contributed by atoms with van der Waals surface area (Å²) in [5, 5.41) is 5.46. The number of likely N-dealkylation sites (tertiary alicyclic amines) is 1. The predicted molar refractivity (Wildman–Crippen MR) is 122 cm³/mol. The van der Waals surface area contributed by atoms with Crippen molar-refractivity contribution in [3.05, 3.63) is 58.3 Å². The van der Waals surface area contributed by atoms with Crippen molar-refractivity contribution in [2.45, 2.75) is 24.7 Å². The lowest BCUT2D eigenvalue weighted by Crippen LogP contribution is -2.44. The Morgan fingerprint density at radius 1 is 1.27 bits per heavy atom. The minimum absolute atomic E-state index is 0.122. The summed E-state index contributed by atoms with van der Waals surface area (Å²) in [5.74, 6) is 0.338. The van der Waals surface area contributed by atoms with E-state index in [0.29, 0.717) is 24.5 Å². The van der Waals surface area contributed by atoms with E-state index in [1.54, 1.807) is 23.9 Å². The molecule has 160 valence electrons. The van der Waals surface area contributed by atoms with Gasteiger partial charge in [0.1, 0.15) is 5.82 Å². The molecular formula is C22H25BrFN3O2S. The summed E-state index contributed by atoms with van der Waals surface area (Å²) >= 11 is 5.01. The van der Waals surface area contributed by atoms with Gasteiger partial charge in [0.2, 0.25) is 5.91 Å². The maximum absolute atomic E-state index is 13.2. The number of urea groups is 1. The number of carbonyl (C=O) groups excluding carboxylic acids is 2. The Bertz CT molecular complexity index is 912. The van der Waals surface area contributed by atoms with Crippen LogP contribution in [0.1, 0.15) is 18.4 Å². The van der Waals surface area contributed by atoms with Gasteiger partial charge in [0, 0.05) is 34.7 Å². The molecule has 1 atom stereocenters. The largest absolute Gasteiger partial charge is 0.342 e. The van der Waals surface area contributed by atoms with E-state index in [1.807, 2.05) is 30.0 Å². The zero-order valence-corrected chi connectivity index (χ0v) is 19.2. The SMILES string of the molecule is Cc1cc(Br)ccc1SCC(=O)N1CCCC(CNC(=O)Nc2cccc(F)c2)C1. The van der Waals surface area contributed by atoms with Crippen LogP contribution in [-0.4, -0.2) is 42.2 Å². The van der Waals surface area contributed by atoms with Gasteiger partial charge in [0.25, 0.3) is 0 Å². The second-order valence-corrected chi connectivity index (χ2v) is 9.32. The minimum atomic E-state index is -0.398. The van der Waals surface area contributed by atoms with E-state index < -0.39 is 5.82 Å². The number of halogens is 2. The maximum atomic E-state index is 13.2. The van der Waals surface area contributed by atoms with Crippen LogP contribution in [-0.2, 0) is 4.79 Å². The van der Waals surface area contributed by atoms with E-state index in [4.69, 9.17) is 0 Å². The van der Waals surface area contributed by atoms with Gasteiger partial charge in [-0.1, -0.05) is 22.0 Å². The third-order valence-corrected chi connectivity index (χ3v) is 6.65. The molecule has 3 rings (SSSR count). The molecule has 5 nitrogen and oxygen atoms in total. The molecule has 1 aliphatic heterocycles. The fraction of sp³-hybridized carbons (Fsp3) is 0.364. The first kappa shape index (κ1) is 22.6. The lowest BCUT2D eigenvalue weighted by atomic mass is 9.98. The zero-order valence-electron chi connectivity index (χ0n) is 16.8. The zero-order chi connectivity index (χ0) is 21.5. The molecule has 1 fully saturated rings. The minimum Gasteiger partial charge on any atom is -0.342 e. The number of aryl methyl sites for hydroxylation is 1. The molecule has 1 heterocycles. The van der Waals surface area contributed by atoms with Crippen molar-refractivity contribution >= 4 is 45.3 Å². The standard InChI is InChI=1S/C22H25BrFN3O2S/c1-15-10-17(23)7-8-20(15)30-14-21(28)27-9-3-4-16(13-27)12-25-22(29)26-19-6-2-5-18(24)11-19/h2,5-8,10-11,16H,3-4,9,12-14H2,1H3,(H2,25,26,29). The summed E-state index contributed by atoms with van der Waals surface area (Å²) in [6.07, 6.45) is 1.88. The van der Waals surface area contributed by atoms with Crippen LogP contribution in [0.4, 0.5) is 14.9 Å². The quantitative estimate of drug-likeness (QED) is 0.553. The first-order valence-corrected chi connectivity index (χ1v) is 11.7. The number of thioether (sulfide) groups is 1. The number of benzene rings is 2. The second kappa shape index (κ2) is 10.8. The Kier molecular flexibility index (Phi) is 8.16. The van der Waals surface area contributed by atoms with Crippen LogP contribution in [0, 0.1) is 18.7 Å². The highest BCUT2D eigenvalue weighted by atomic mass is 79.9. The Balaban J connectivity index is 1.44. The van der Waals surface area contributed by atoms with Crippen molar-refractivity contribution in [3.63, 3.8) is 0 Å². The van der Waals surface area contributed by atoms with Crippen molar-refractivity contribution in [2.75, 3.05) is 30.7 Å². The summed E-state index contributed by atoms with van der Waals surface area (Å²) < 4.78 is 14.2. The van der Waals surface area contributed by atoms with Crippen molar-refractivity contribution < 1.29 is 14.0 Å². The van der Waals surface area contributed by atoms with Crippen LogP contribution < -0.4 is 10.6 Å². The number of hydrogen-bond acceptors (Lipinski definition) is 3. The number of carbonyl (C=O) groups is 2. The first-order valence-electron chi connectivity index (χ1n) is 9.88. The molecule has 2 aromatic carbocycles. The summed E-state index contributed by atoms with van der Waals surface area (Å²) in [6.45, 7) is 3.91. The third-order valence-electron chi connectivity index (χ3n) is 4.99. The lowest BCUT2D eigenvalue weighted by Gasteiger charge is -2.33. The van der Waals surface area contributed by atoms with Gasteiger partial charge in [-0.05, 0) is 67.6 Å². The van der Waals surface area contributed by atoms with Crippen molar-refractivity contribution in [1.29, 1.82) is 0 Å². The van der Waals surface area contributed by atoms with Gasteiger partial charge in [-0.15, -0.1) is 11.8 Å². The van der Waals surface area contributed by atoms with Crippen molar-refractivity contribution in [1.82, 2.24) is 10.2 Å². The molecule has 2 N–H and O–H groups in total. The van der Waals surface area contributed by atoms with E-state index in [2.05, 4.69) is 26.6 Å². The van der Waals surface area contributed by atoms with Crippen LogP contribution in [0.15, 0.2) is 51.8 Å². The molecule has 30 heavy (non-hydrogen) atoms. The molecule has 0 radical (unpaired) electrons. The number of rotatable bonds is 6. The molecule has 8 heteroatoms. The van der Waals surface area contributed by atoms with Gasteiger partial charge in [0.05, 0.1) is 5.75 Å². The van der Waals surface area contributed by atoms with Gasteiger partial charge in [-0.2, -0.15) is 0 Å². The Morgan fingerprint density at radius 3 is 2.87 bits per heavy atom. The number of piperidine rings is 1. The summed E-state index contributed by atoms with van der Waals surface area (Å²) in [6, 6.07) is 11.5. The van der Waals surface area contributed by atoms with Gasteiger partial charge < -0.3 is 15.5 Å². The van der Waals surface area contributed by atoms with Gasteiger partial charge >= 0.3 is 6.03 Å². The van der Waals surface area contributed by atoms with Crippen LogP contribution in [0.3, 0.4) is 0 Å². The third kappa shape index (κ3) is 6.74. The molecule has 1 aliphatic rings. The van der Waals surface area contributed by atoms with Crippen LogP contribution >= 0.6 is 27.7 Å². The van der Waals surface area contributed by atoms with E-state index in [0.717, 1.165) is 34.3 Å². The topological polar surface area (TPSA) is 61.4 Å². The van der Waals surface area contributed by atoms with E-state index in [9.17, 15) is 14.0 Å². The number of anilines is 1. The van der Waals surface area contributed by atoms with Crippen LogP contribution in [0.5, 0.6) is 0 Å². The number of amides is 3. The Labute approximate surface area is 188 Å². The van der Waals surface area contributed by atoms with Gasteiger partial charge in [-0.25, -0.2) is 9.18 Å². The van der Waals surface area contributed by atoms with Crippen molar-refractivity contribution in [3.8, 4) is 0 Å². The highest BCUT2D eigenvalue weighted by molar-refractivity contribution is 9.10. The number of nitrogens with one attached hydrogen (secondary N) is 2. The van der Waals surface area contributed by atoms with Crippen LogP contribution in [0.25, 0.3) is 0 Å². The van der Waals surface area contributed by atoms with Gasteiger partial charge in [-0.3, -0.25) is 4.79 Å². The normalized spacial score (nSPS) is 16.2. The van der Waals surface area contributed by atoms with Gasteiger partial charge in [0.15, 0.2) is 0 Å².